The van der Waals surface area contributed by atoms with Crippen LogP contribution in [0.5, 0.6) is 0 Å². The second kappa shape index (κ2) is 9.70. The molecular weight excluding hydrogens is 318 g/mol. The van der Waals surface area contributed by atoms with E-state index in [4.69, 9.17) is 4.74 Å². The van der Waals surface area contributed by atoms with Crippen LogP contribution in [0.4, 0.5) is 0 Å². The number of Topliss-reactive ketones (excluding diaryl/α,β-unsaturated/α-hetero) is 1. The molecule has 0 aromatic heterocycles. The molecule has 1 unspecified atom stereocenters. The first kappa shape index (κ1) is 21.6. The third-order valence-corrected chi connectivity index (χ3v) is 4.13. The van der Waals surface area contributed by atoms with Gasteiger partial charge in [-0.15, -0.1) is 0 Å². The van der Waals surface area contributed by atoms with Gasteiger partial charge in [-0.2, -0.15) is 0 Å². The van der Waals surface area contributed by atoms with Crippen molar-refractivity contribution in [2.45, 2.75) is 65.2 Å². The lowest BCUT2D eigenvalue weighted by Gasteiger charge is -2.24. The summed E-state index contributed by atoms with van der Waals surface area (Å²) in [5.41, 5.74) is 0. The van der Waals surface area contributed by atoms with Crippen molar-refractivity contribution in [2.75, 3.05) is 6.54 Å². The minimum Gasteiger partial charge on any atom is -0.463 e. The standard InChI is InChI=1S/C16H27NO5S/c1-7-11(4)14(20)17-9-16(5,6)23-15(21)12(18)8-13(19)22-10(2)3/h10-11H,7-9H2,1-6H3,(H,17,20). The van der Waals surface area contributed by atoms with Crippen molar-refractivity contribution in [3.8, 4) is 0 Å². The van der Waals surface area contributed by atoms with Gasteiger partial charge in [0.05, 0.1) is 6.10 Å². The van der Waals surface area contributed by atoms with E-state index in [0.717, 1.165) is 18.2 Å². The largest absolute Gasteiger partial charge is 0.463 e. The van der Waals surface area contributed by atoms with E-state index in [1.54, 1.807) is 27.7 Å². The van der Waals surface area contributed by atoms with Crippen molar-refractivity contribution >= 4 is 34.5 Å². The molecule has 0 saturated carbocycles. The van der Waals surface area contributed by atoms with Gasteiger partial charge >= 0.3 is 5.97 Å². The maximum absolute atomic E-state index is 11.9. The molecule has 0 aromatic rings. The monoisotopic (exact) mass is 345 g/mol. The second-order valence-electron chi connectivity index (χ2n) is 6.31. The Balaban J connectivity index is 4.42. The van der Waals surface area contributed by atoms with Gasteiger partial charge < -0.3 is 10.1 Å². The highest BCUT2D eigenvalue weighted by atomic mass is 32.2. The van der Waals surface area contributed by atoms with Crippen molar-refractivity contribution < 1.29 is 23.9 Å². The summed E-state index contributed by atoms with van der Waals surface area (Å²) in [5, 5.41) is 2.07. The lowest BCUT2D eigenvalue weighted by atomic mass is 10.1. The number of amides is 1. The number of hydrogen-bond acceptors (Lipinski definition) is 6. The molecule has 1 N–H and O–H groups in total. The van der Waals surface area contributed by atoms with Crippen molar-refractivity contribution in [2.24, 2.45) is 5.92 Å². The molecule has 0 fully saturated rings. The summed E-state index contributed by atoms with van der Waals surface area (Å²) < 4.78 is 4.20. The fraction of sp³-hybridized carbons (Fsp3) is 0.750. The van der Waals surface area contributed by atoms with Gasteiger partial charge in [-0.05, 0) is 34.1 Å². The van der Waals surface area contributed by atoms with Crippen LogP contribution in [0, 0.1) is 5.92 Å². The van der Waals surface area contributed by atoms with Crippen molar-refractivity contribution in [3.63, 3.8) is 0 Å². The summed E-state index contributed by atoms with van der Waals surface area (Å²) in [4.78, 5) is 46.8. The number of ketones is 1. The number of carbonyl (C=O) groups excluding carboxylic acids is 4. The number of thioether (sulfide) groups is 1. The molecule has 7 heteroatoms. The lowest BCUT2D eigenvalue weighted by Crippen LogP contribution is -2.40. The van der Waals surface area contributed by atoms with Crippen molar-refractivity contribution in [3.05, 3.63) is 0 Å². The molecule has 132 valence electrons. The Kier molecular flexibility index (Phi) is 9.12. The molecule has 23 heavy (non-hydrogen) atoms. The summed E-state index contributed by atoms with van der Waals surface area (Å²) in [7, 11) is 0. The predicted octanol–water partition coefficient (Wildman–Crippen LogP) is 2.10. The number of rotatable bonds is 9. The molecule has 0 aromatic carbocycles. The highest BCUT2D eigenvalue weighted by Gasteiger charge is 2.29. The summed E-state index contributed by atoms with van der Waals surface area (Å²) >= 11 is 0.821. The van der Waals surface area contributed by atoms with Crippen LogP contribution in [0.25, 0.3) is 0 Å². The first-order chi connectivity index (χ1) is 10.5. The zero-order chi connectivity index (χ0) is 18.2. The van der Waals surface area contributed by atoms with Gasteiger partial charge in [0.2, 0.25) is 11.7 Å². The zero-order valence-electron chi connectivity index (χ0n) is 14.7. The molecular formula is C16H27NO5S. The number of carbonyl (C=O) groups is 4. The molecule has 0 heterocycles. The highest BCUT2D eigenvalue weighted by molar-refractivity contribution is 8.16. The van der Waals surface area contributed by atoms with Crippen molar-refractivity contribution in [1.82, 2.24) is 5.32 Å². The highest BCUT2D eigenvalue weighted by Crippen LogP contribution is 2.25. The van der Waals surface area contributed by atoms with Gasteiger partial charge in [0, 0.05) is 17.2 Å². The molecule has 0 aliphatic rings. The Morgan fingerprint density at radius 3 is 2.17 bits per heavy atom. The first-order valence-corrected chi connectivity index (χ1v) is 8.53. The molecule has 0 rings (SSSR count). The van der Waals surface area contributed by atoms with E-state index in [2.05, 4.69) is 5.32 Å². The topological polar surface area (TPSA) is 89.5 Å². The Bertz CT molecular complexity index is 459. The quantitative estimate of drug-likeness (QED) is 0.391. The van der Waals surface area contributed by atoms with Gasteiger partial charge in [0.15, 0.2) is 0 Å². The second-order valence-corrected chi connectivity index (χ2v) is 7.99. The van der Waals surface area contributed by atoms with E-state index in [0.29, 0.717) is 0 Å². The number of nitrogens with one attached hydrogen (secondary N) is 1. The Labute approximate surface area is 142 Å². The van der Waals surface area contributed by atoms with E-state index < -0.39 is 28.0 Å². The van der Waals surface area contributed by atoms with Crippen LogP contribution in [0.15, 0.2) is 0 Å². The van der Waals surface area contributed by atoms with Crippen LogP contribution in [0.3, 0.4) is 0 Å². The first-order valence-electron chi connectivity index (χ1n) is 7.71. The fourth-order valence-corrected chi connectivity index (χ4v) is 2.34. The van der Waals surface area contributed by atoms with Gasteiger partial charge in [-0.3, -0.25) is 19.2 Å². The number of esters is 1. The molecule has 0 bridgehead atoms. The van der Waals surface area contributed by atoms with E-state index in [9.17, 15) is 19.2 Å². The van der Waals surface area contributed by atoms with E-state index in [-0.39, 0.29) is 24.5 Å². The third-order valence-electron chi connectivity index (χ3n) is 3.02. The molecule has 0 saturated heterocycles. The summed E-state index contributed by atoms with van der Waals surface area (Å²) in [6, 6.07) is 0. The molecule has 0 radical (unpaired) electrons. The van der Waals surface area contributed by atoms with E-state index in [1.807, 2.05) is 13.8 Å². The van der Waals surface area contributed by atoms with Crippen LogP contribution >= 0.6 is 11.8 Å². The van der Waals surface area contributed by atoms with Gasteiger partial charge in [0.25, 0.3) is 5.12 Å². The average Bonchev–Trinajstić information content (AvgIpc) is 2.42. The summed E-state index contributed by atoms with van der Waals surface area (Å²) in [6.45, 7) is 10.9. The van der Waals surface area contributed by atoms with E-state index >= 15 is 0 Å². The average molecular weight is 345 g/mol. The van der Waals surface area contributed by atoms with Crippen LogP contribution in [0.1, 0.15) is 54.4 Å². The number of ether oxygens (including phenoxy) is 1. The van der Waals surface area contributed by atoms with Gasteiger partial charge in [-0.1, -0.05) is 25.6 Å². The minimum atomic E-state index is -0.790. The zero-order valence-corrected chi connectivity index (χ0v) is 15.5. The van der Waals surface area contributed by atoms with Crippen LogP contribution in [-0.4, -0.2) is 40.2 Å². The maximum atomic E-state index is 11.9. The van der Waals surface area contributed by atoms with E-state index in [1.165, 1.54) is 0 Å². The fourth-order valence-electron chi connectivity index (χ4n) is 1.51. The normalized spacial score (nSPS) is 12.7. The molecule has 0 aliphatic heterocycles. The van der Waals surface area contributed by atoms with Gasteiger partial charge in [-0.25, -0.2) is 0 Å². The summed E-state index contributed by atoms with van der Waals surface area (Å²) in [5.74, 6) is -1.68. The van der Waals surface area contributed by atoms with Crippen LogP contribution in [0.2, 0.25) is 0 Å². The minimum absolute atomic E-state index is 0.0829. The third kappa shape index (κ3) is 9.38. The Hall–Kier alpha value is -1.37. The molecule has 1 atom stereocenters. The van der Waals surface area contributed by atoms with Crippen molar-refractivity contribution in [1.29, 1.82) is 0 Å². The lowest BCUT2D eigenvalue weighted by molar-refractivity contribution is -0.150. The van der Waals surface area contributed by atoms with Crippen LogP contribution in [-0.2, 0) is 23.9 Å². The molecule has 6 nitrogen and oxygen atoms in total. The maximum Gasteiger partial charge on any atom is 0.314 e. The summed E-state index contributed by atoms with van der Waals surface area (Å²) in [6.07, 6.45) is -0.154. The number of hydrogen-bond donors (Lipinski definition) is 1. The van der Waals surface area contributed by atoms with Gasteiger partial charge in [0.1, 0.15) is 6.42 Å². The van der Waals surface area contributed by atoms with Crippen LogP contribution < -0.4 is 5.32 Å². The molecule has 0 aliphatic carbocycles. The smallest absolute Gasteiger partial charge is 0.314 e. The molecule has 0 spiro atoms. The molecule has 1 amide bonds. The Morgan fingerprint density at radius 1 is 1.13 bits per heavy atom. The Morgan fingerprint density at radius 2 is 1.70 bits per heavy atom. The SMILES string of the molecule is CCC(C)C(=O)NCC(C)(C)SC(=O)C(=O)CC(=O)OC(C)C. The predicted molar refractivity (Wildman–Crippen MR) is 90.0 cm³/mol.